The Morgan fingerprint density at radius 1 is 1.07 bits per heavy atom. The van der Waals surface area contributed by atoms with Crippen LogP contribution in [0.15, 0.2) is 36.4 Å². The second kappa shape index (κ2) is 8.51. The monoisotopic (exact) mass is 399 g/mol. The number of carboxylic acid groups (broad SMARTS) is 1. The summed E-state index contributed by atoms with van der Waals surface area (Å²) >= 11 is 0. The van der Waals surface area contributed by atoms with E-state index in [1.54, 1.807) is 0 Å². The van der Waals surface area contributed by atoms with Crippen molar-refractivity contribution in [1.29, 1.82) is 0 Å². The average molecular weight is 399 g/mol. The van der Waals surface area contributed by atoms with Crippen molar-refractivity contribution in [2.24, 2.45) is 0 Å². The lowest BCUT2D eigenvalue weighted by Gasteiger charge is -2.15. The summed E-state index contributed by atoms with van der Waals surface area (Å²) in [5.41, 5.74) is -1.07. The number of carbonyl (C=O) groups is 2. The minimum atomic E-state index is -4.54. The number of halogens is 3. The molecule has 0 spiro atoms. The van der Waals surface area contributed by atoms with Crippen LogP contribution in [-0.4, -0.2) is 37.8 Å². The number of methoxy groups -OCH3 is 2. The van der Waals surface area contributed by atoms with Gasteiger partial charge < -0.3 is 24.6 Å². The van der Waals surface area contributed by atoms with Gasteiger partial charge in [-0.1, -0.05) is 6.07 Å². The van der Waals surface area contributed by atoms with E-state index in [0.717, 1.165) is 18.2 Å². The van der Waals surface area contributed by atoms with Crippen LogP contribution >= 0.6 is 0 Å². The predicted molar refractivity (Wildman–Crippen MR) is 92.1 cm³/mol. The molecule has 0 radical (unpaired) electrons. The lowest BCUT2D eigenvalue weighted by atomic mass is 10.2. The van der Waals surface area contributed by atoms with Crippen molar-refractivity contribution >= 4 is 17.6 Å². The van der Waals surface area contributed by atoms with Crippen LogP contribution in [0.5, 0.6) is 17.2 Å². The number of ether oxygens (including phenoxy) is 3. The van der Waals surface area contributed by atoms with Gasteiger partial charge in [0.2, 0.25) is 5.75 Å². The first kappa shape index (κ1) is 20.9. The van der Waals surface area contributed by atoms with Crippen molar-refractivity contribution in [2.45, 2.75) is 6.18 Å². The zero-order valence-corrected chi connectivity index (χ0v) is 14.8. The molecule has 0 heterocycles. The van der Waals surface area contributed by atoms with Gasteiger partial charge in [-0.3, -0.25) is 4.79 Å². The van der Waals surface area contributed by atoms with E-state index in [-0.39, 0.29) is 28.5 Å². The van der Waals surface area contributed by atoms with E-state index in [1.165, 1.54) is 32.4 Å². The first-order valence-electron chi connectivity index (χ1n) is 7.75. The molecule has 0 aliphatic heterocycles. The van der Waals surface area contributed by atoms with Crippen molar-refractivity contribution in [2.75, 3.05) is 26.1 Å². The third-order valence-electron chi connectivity index (χ3n) is 3.53. The number of anilines is 1. The van der Waals surface area contributed by atoms with Gasteiger partial charge in [0.05, 0.1) is 25.3 Å². The van der Waals surface area contributed by atoms with Gasteiger partial charge >= 0.3 is 12.1 Å². The van der Waals surface area contributed by atoms with Crippen LogP contribution in [0.1, 0.15) is 15.9 Å². The maximum atomic E-state index is 12.7. The van der Waals surface area contributed by atoms with Crippen molar-refractivity contribution in [3.63, 3.8) is 0 Å². The van der Waals surface area contributed by atoms with E-state index >= 15 is 0 Å². The molecule has 0 saturated heterocycles. The van der Waals surface area contributed by atoms with Crippen LogP contribution in [0.2, 0.25) is 0 Å². The van der Waals surface area contributed by atoms with Crippen LogP contribution in [0.25, 0.3) is 0 Å². The van der Waals surface area contributed by atoms with E-state index < -0.39 is 30.2 Å². The van der Waals surface area contributed by atoms with Crippen molar-refractivity contribution in [3.8, 4) is 17.2 Å². The molecule has 28 heavy (non-hydrogen) atoms. The summed E-state index contributed by atoms with van der Waals surface area (Å²) < 4.78 is 53.6. The van der Waals surface area contributed by atoms with Crippen LogP contribution in [0.3, 0.4) is 0 Å². The zero-order chi connectivity index (χ0) is 20.9. The average Bonchev–Trinajstić information content (AvgIpc) is 2.65. The van der Waals surface area contributed by atoms with Gasteiger partial charge in [0.25, 0.3) is 5.91 Å². The number of hydrogen-bond acceptors (Lipinski definition) is 5. The van der Waals surface area contributed by atoms with Crippen molar-refractivity contribution < 1.29 is 42.1 Å². The highest BCUT2D eigenvalue weighted by Crippen LogP contribution is 2.38. The van der Waals surface area contributed by atoms with E-state index in [2.05, 4.69) is 5.32 Å². The van der Waals surface area contributed by atoms with E-state index in [0.29, 0.717) is 0 Å². The summed E-state index contributed by atoms with van der Waals surface area (Å²) in [6, 6.07) is 6.51. The van der Waals surface area contributed by atoms with Crippen LogP contribution in [-0.2, 0) is 11.0 Å². The molecule has 2 aromatic rings. The normalized spacial score (nSPS) is 10.9. The SMILES string of the molecule is COc1cc(C(=O)O)cc(OC)c1OCC(=O)Nc1cccc(C(F)(F)F)c1. The molecule has 1 amide bonds. The molecule has 2 N–H and O–H groups in total. The summed E-state index contributed by atoms with van der Waals surface area (Å²) in [6.07, 6.45) is -4.54. The molecule has 0 atom stereocenters. The Morgan fingerprint density at radius 2 is 1.68 bits per heavy atom. The molecule has 2 aromatic carbocycles. The smallest absolute Gasteiger partial charge is 0.416 e. The Balaban J connectivity index is 2.14. The Hall–Kier alpha value is -3.43. The molecule has 0 aliphatic rings. The molecule has 0 fully saturated rings. The van der Waals surface area contributed by atoms with Crippen molar-refractivity contribution in [1.82, 2.24) is 0 Å². The Bertz CT molecular complexity index is 857. The fourth-order valence-electron chi connectivity index (χ4n) is 2.25. The number of hydrogen-bond donors (Lipinski definition) is 2. The predicted octanol–water partition coefficient (Wildman–Crippen LogP) is 3.44. The summed E-state index contributed by atoms with van der Waals surface area (Å²) in [5, 5.41) is 11.4. The van der Waals surface area contributed by atoms with Gasteiger partial charge in [-0.15, -0.1) is 0 Å². The highest BCUT2D eigenvalue weighted by molar-refractivity contribution is 5.92. The number of aromatic carboxylic acids is 1. The lowest BCUT2D eigenvalue weighted by Crippen LogP contribution is -2.21. The number of alkyl halides is 3. The van der Waals surface area contributed by atoms with Crippen LogP contribution in [0, 0.1) is 0 Å². The topological polar surface area (TPSA) is 94.1 Å². The summed E-state index contributed by atoms with van der Waals surface area (Å²) in [6.45, 7) is -0.574. The molecular formula is C18H16F3NO6. The molecule has 0 bridgehead atoms. The van der Waals surface area contributed by atoms with Crippen LogP contribution < -0.4 is 19.5 Å². The molecule has 0 aromatic heterocycles. The molecular weight excluding hydrogens is 383 g/mol. The molecule has 0 unspecified atom stereocenters. The van der Waals surface area contributed by atoms with E-state index in [1.807, 2.05) is 0 Å². The fourth-order valence-corrected chi connectivity index (χ4v) is 2.25. The quantitative estimate of drug-likeness (QED) is 0.741. The Morgan fingerprint density at radius 3 is 2.18 bits per heavy atom. The number of carbonyl (C=O) groups excluding carboxylic acids is 1. The maximum Gasteiger partial charge on any atom is 0.416 e. The Labute approximate surface area is 157 Å². The molecule has 150 valence electrons. The largest absolute Gasteiger partial charge is 0.493 e. The molecule has 0 aliphatic carbocycles. The van der Waals surface area contributed by atoms with Gasteiger partial charge in [0, 0.05) is 5.69 Å². The second-order valence-electron chi connectivity index (χ2n) is 5.43. The van der Waals surface area contributed by atoms with Gasteiger partial charge in [-0.05, 0) is 30.3 Å². The summed E-state index contributed by atoms with van der Waals surface area (Å²) in [7, 11) is 2.55. The Kier molecular flexibility index (Phi) is 6.34. The second-order valence-corrected chi connectivity index (χ2v) is 5.43. The number of nitrogens with one attached hydrogen (secondary N) is 1. The lowest BCUT2D eigenvalue weighted by molar-refractivity contribution is -0.137. The number of rotatable bonds is 7. The van der Waals surface area contributed by atoms with Gasteiger partial charge in [-0.25, -0.2) is 4.79 Å². The summed E-state index contributed by atoms with van der Waals surface area (Å²) in [5.74, 6) is -1.93. The minimum Gasteiger partial charge on any atom is -0.493 e. The summed E-state index contributed by atoms with van der Waals surface area (Å²) in [4.78, 5) is 23.1. The molecule has 7 nitrogen and oxygen atoms in total. The highest BCUT2D eigenvalue weighted by Gasteiger charge is 2.30. The van der Waals surface area contributed by atoms with E-state index in [4.69, 9.17) is 19.3 Å². The zero-order valence-electron chi connectivity index (χ0n) is 14.8. The number of carboxylic acids is 1. The van der Waals surface area contributed by atoms with E-state index in [9.17, 15) is 22.8 Å². The third-order valence-corrected chi connectivity index (χ3v) is 3.53. The first-order valence-corrected chi connectivity index (χ1v) is 7.75. The number of amides is 1. The van der Waals surface area contributed by atoms with Gasteiger partial charge in [0.1, 0.15) is 0 Å². The van der Waals surface area contributed by atoms with Gasteiger partial charge in [0.15, 0.2) is 18.1 Å². The molecule has 2 rings (SSSR count). The maximum absolute atomic E-state index is 12.7. The highest BCUT2D eigenvalue weighted by atomic mass is 19.4. The fraction of sp³-hybridized carbons (Fsp3) is 0.222. The van der Waals surface area contributed by atoms with Crippen LogP contribution in [0.4, 0.5) is 18.9 Å². The van der Waals surface area contributed by atoms with Crippen molar-refractivity contribution in [3.05, 3.63) is 47.5 Å². The van der Waals surface area contributed by atoms with Gasteiger partial charge in [-0.2, -0.15) is 13.2 Å². The number of benzene rings is 2. The standard InChI is InChI=1S/C18H16F3NO6/c1-26-13-6-10(17(24)25)7-14(27-2)16(13)28-9-15(23)22-12-5-3-4-11(8-12)18(19,20)21/h3-8H,9H2,1-2H3,(H,22,23)(H,24,25). The molecule has 0 saturated carbocycles. The third kappa shape index (κ3) is 5.06. The first-order chi connectivity index (χ1) is 13.2. The molecule has 10 heteroatoms. The minimum absolute atomic E-state index is 0.0172.